The number of rotatable bonds is 7. The number of carbonyl (C=O) groups excluding carboxylic acids is 1. The molecule has 1 aromatic carbocycles. The minimum absolute atomic E-state index is 0.129. The van der Waals surface area contributed by atoms with Gasteiger partial charge in [0.1, 0.15) is 11.8 Å². The zero-order valence-corrected chi connectivity index (χ0v) is 15.1. The first-order valence-electron chi connectivity index (χ1n) is 8.57. The van der Waals surface area contributed by atoms with Crippen LogP contribution in [-0.4, -0.2) is 32.8 Å². The summed E-state index contributed by atoms with van der Waals surface area (Å²) >= 11 is 0. The summed E-state index contributed by atoms with van der Waals surface area (Å²) in [6.45, 7) is 4.19. The molecule has 1 unspecified atom stereocenters. The van der Waals surface area contributed by atoms with Gasteiger partial charge in [-0.2, -0.15) is 4.98 Å². The molecule has 136 valence electrons. The minimum atomic E-state index is -0.298. The Morgan fingerprint density at radius 2 is 1.92 bits per heavy atom. The standard InChI is InChI=1S/C19H23N5O2/c1-13(2)12-16(24-10-4-5-11-24)18(25)21-19-20-17(22-23-19)14-6-8-15(26-3)9-7-14/h4-11,13,16H,12H2,1-3H3,(H2,20,21,22,23,25). The molecule has 1 amide bonds. The first-order valence-corrected chi connectivity index (χ1v) is 8.57. The zero-order valence-electron chi connectivity index (χ0n) is 15.1. The van der Waals surface area contributed by atoms with Gasteiger partial charge < -0.3 is 9.30 Å². The number of ether oxygens (including phenoxy) is 1. The molecule has 26 heavy (non-hydrogen) atoms. The summed E-state index contributed by atoms with van der Waals surface area (Å²) in [5.74, 6) is 1.88. The molecule has 7 heteroatoms. The van der Waals surface area contributed by atoms with Crippen molar-refractivity contribution in [2.75, 3.05) is 12.4 Å². The van der Waals surface area contributed by atoms with Gasteiger partial charge in [0.15, 0.2) is 5.82 Å². The predicted molar refractivity (Wildman–Crippen MR) is 99.9 cm³/mol. The highest BCUT2D eigenvalue weighted by Crippen LogP contribution is 2.22. The number of benzene rings is 1. The van der Waals surface area contributed by atoms with E-state index in [1.54, 1.807) is 7.11 Å². The van der Waals surface area contributed by atoms with E-state index in [9.17, 15) is 4.79 Å². The van der Waals surface area contributed by atoms with Crippen LogP contribution in [0.25, 0.3) is 11.4 Å². The van der Waals surface area contributed by atoms with Gasteiger partial charge in [0.2, 0.25) is 11.9 Å². The van der Waals surface area contributed by atoms with E-state index in [0.29, 0.717) is 11.7 Å². The summed E-state index contributed by atoms with van der Waals surface area (Å²) in [4.78, 5) is 17.1. The summed E-state index contributed by atoms with van der Waals surface area (Å²) in [6, 6.07) is 11.0. The van der Waals surface area contributed by atoms with Crippen LogP contribution in [0.2, 0.25) is 0 Å². The average molecular weight is 353 g/mol. The smallest absolute Gasteiger partial charge is 0.249 e. The van der Waals surface area contributed by atoms with Gasteiger partial charge in [-0.3, -0.25) is 15.2 Å². The van der Waals surface area contributed by atoms with E-state index < -0.39 is 0 Å². The van der Waals surface area contributed by atoms with Crippen LogP contribution in [0.1, 0.15) is 26.3 Å². The number of aromatic nitrogens is 4. The van der Waals surface area contributed by atoms with Gasteiger partial charge in [-0.05, 0) is 48.7 Å². The number of methoxy groups -OCH3 is 1. The Bertz CT molecular complexity index is 837. The van der Waals surface area contributed by atoms with E-state index in [0.717, 1.165) is 17.7 Å². The Morgan fingerprint density at radius 3 is 2.54 bits per heavy atom. The minimum Gasteiger partial charge on any atom is -0.497 e. The Kier molecular flexibility index (Phi) is 5.36. The summed E-state index contributed by atoms with van der Waals surface area (Å²) in [5, 5.41) is 9.78. The molecule has 2 N–H and O–H groups in total. The molecule has 3 aromatic rings. The first-order chi connectivity index (χ1) is 12.6. The highest BCUT2D eigenvalue weighted by molar-refractivity contribution is 5.92. The maximum Gasteiger partial charge on any atom is 0.249 e. The molecule has 2 heterocycles. The predicted octanol–water partition coefficient (Wildman–Crippen LogP) is 3.51. The number of amides is 1. The SMILES string of the molecule is COc1ccc(-c2nc(NC(=O)C(CC(C)C)n3cccc3)n[nH]2)cc1. The van der Waals surface area contributed by atoms with Crippen molar-refractivity contribution in [1.29, 1.82) is 0 Å². The van der Waals surface area contributed by atoms with E-state index in [1.165, 1.54) is 0 Å². The molecule has 0 bridgehead atoms. The molecule has 1 atom stereocenters. The molecule has 0 saturated heterocycles. The van der Waals surface area contributed by atoms with Gasteiger partial charge in [-0.1, -0.05) is 13.8 Å². The lowest BCUT2D eigenvalue weighted by Gasteiger charge is -2.19. The molecule has 7 nitrogen and oxygen atoms in total. The number of anilines is 1. The van der Waals surface area contributed by atoms with Crippen molar-refractivity contribution >= 4 is 11.9 Å². The van der Waals surface area contributed by atoms with Crippen molar-refractivity contribution in [3.8, 4) is 17.1 Å². The Hall–Kier alpha value is -3.09. The van der Waals surface area contributed by atoms with E-state index in [2.05, 4.69) is 34.3 Å². The number of aromatic amines is 1. The van der Waals surface area contributed by atoms with Crippen molar-refractivity contribution in [1.82, 2.24) is 19.7 Å². The van der Waals surface area contributed by atoms with Crippen LogP contribution in [0.3, 0.4) is 0 Å². The monoisotopic (exact) mass is 353 g/mol. The van der Waals surface area contributed by atoms with Crippen LogP contribution < -0.4 is 10.1 Å². The number of H-pyrrole nitrogens is 1. The lowest BCUT2D eigenvalue weighted by Crippen LogP contribution is -2.27. The quantitative estimate of drug-likeness (QED) is 0.681. The van der Waals surface area contributed by atoms with Crippen LogP contribution in [0.15, 0.2) is 48.8 Å². The van der Waals surface area contributed by atoms with Gasteiger partial charge >= 0.3 is 0 Å². The van der Waals surface area contributed by atoms with Gasteiger partial charge in [0.05, 0.1) is 7.11 Å². The number of nitrogens with one attached hydrogen (secondary N) is 2. The summed E-state index contributed by atoms with van der Waals surface area (Å²) < 4.78 is 7.06. The second-order valence-corrected chi connectivity index (χ2v) is 6.50. The van der Waals surface area contributed by atoms with Crippen molar-refractivity contribution in [2.45, 2.75) is 26.3 Å². The third-order valence-electron chi connectivity index (χ3n) is 4.07. The average Bonchev–Trinajstić information content (AvgIpc) is 3.31. The fourth-order valence-electron chi connectivity index (χ4n) is 2.76. The van der Waals surface area contributed by atoms with E-state index in [4.69, 9.17) is 4.74 Å². The van der Waals surface area contributed by atoms with Crippen LogP contribution in [0.4, 0.5) is 5.95 Å². The fraction of sp³-hybridized carbons (Fsp3) is 0.316. The first kappa shape index (κ1) is 17.7. The number of hydrogen-bond donors (Lipinski definition) is 2. The maximum absolute atomic E-state index is 12.7. The molecule has 0 fully saturated rings. The largest absolute Gasteiger partial charge is 0.497 e. The molecule has 0 aliphatic rings. The molecule has 0 aliphatic heterocycles. The second-order valence-electron chi connectivity index (χ2n) is 6.50. The molecular weight excluding hydrogens is 330 g/mol. The zero-order chi connectivity index (χ0) is 18.5. The Morgan fingerprint density at radius 1 is 1.23 bits per heavy atom. The highest BCUT2D eigenvalue weighted by atomic mass is 16.5. The third-order valence-corrected chi connectivity index (χ3v) is 4.07. The normalized spacial score (nSPS) is 12.2. The molecule has 3 rings (SSSR count). The fourth-order valence-corrected chi connectivity index (χ4v) is 2.76. The van der Waals surface area contributed by atoms with Gasteiger partial charge in [-0.15, -0.1) is 5.10 Å². The lowest BCUT2D eigenvalue weighted by molar-refractivity contribution is -0.119. The topological polar surface area (TPSA) is 84.8 Å². The lowest BCUT2D eigenvalue weighted by atomic mass is 10.0. The van der Waals surface area contributed by atoms with Crippen molar-refractivity contribution in [2.24, 2.45) is 5.92 Å². The van der Waals surface area contributed by atoms with Crippen molar-refractivity contribution in [3.63, 3.8) is 0 Å². The molecule has 0 aliphatic carbocycles. The van der Waals surface area contributed by atoms with Crippen LogP contribution in [-0.2, 0) is 4.79 Å². The summed E-state index contributed by atoms with van der Waals surface area (Å²) in [6.07, 6.45) is 4.52. The molecule has 2 aromatic heterocycles. The highest BCUT2D eigenvalue weighted by Gasteiger charge is 2.22. The Balaban J connectivity index is 1.73. The van der Waals surface area contributed by atoms with Crippen molar-refractivity contribution < 1.29 is 9.53 Å². The van der Waals surface area contributed by atoms with Crippen LogP contribution >= 0.6 is 0 Å². The number of carbonyl (C=O) groups is 1. The van der Waals surface area contributed by atoms with E-state index >= 15 is 0 Å². The summed E-state index contributed by atoms with van der Waals surface area (Å²) in [7, 11) is 1.62. The third kappa shape index (κ3) is 4.11. The van der Waals surface area contributed by atoms with Gasteiger partial charge in [0, 0.05) is 18.0 Å². The van der Waals surface area contributed by atoms with E-state index in [-0.39, 0.29) is 17.9 Å². The Labute approximate surface area is 152 Å². The molecular formula is C19H23N5O2. The number of nitrogens with zero attached hydrogens (tertiary/aromatic N) is 3. The van der Waals surface area contributed by atoms with Crippen LogP contribution in [0, 0.1) is 5.92 Å². The van der Waals surface area contributed by atoms with Gasteiger partial charge in [0.25, 0.3) is 0 Å². The number of hydrogen-bond acceptors (Lipinski definition) is 4. The van der Waals surface area contributed by atoms with Crippen LogP contribution in [0.5, 0.6) is 5.75 Å². The van der Waals surface area contributed by atoms with Gasteiger partial charge in [-0.25, -0.2) is 0 Å². The second kappa shape index (κ2) is 7.86. The van der Waals surface area contributed by atoms with E-state index in [1.807, 2.05) is 53.4 Å². The van der Waals surface area contributed by atoms with Crippen molar-refractivity contribution in [3.05, 3.63) is 48.8 Å². The maximum atomic E-state index is 12.7. The summed E-state index contributed by atoms with van der Waals surface area (Å²) in [5.41, 5.74) is 0.864. The molecule has 0 spiro atoms. The molecule has 0 radical (unpaired) electrons. The molecule has 0 saturated carbocycles.